The van der Waals surface area contributed by atoms with E-state index in [0.29, 0.717) is 5.11 Å². The Morgan fingerprint density at radius 3 is 2.58 bits per heavy atom. The topological polar surface area (TPSA) is 51.6 Å². The van der Waals surface area contributed by atoms with Crippen LogP contribution < -0.4 is 19.7 Å². The molecule has 2 aromatic heterocycles. The monoisotopic (exact) mass is 496 g/mol. The molecule has 0 bridgehead atoms. The van der Waals surface area contributed by atoms with Gasteiger partial charge in [0.15, 0.2) is 16.6 Å². The molecule has 0 aliphatic carbocycles. The van der Waals surface area contributed by atoms with Crippen LogP contribution >= 0.6 is 12.2 Å². The molecule has 2 aliphatic rings. The molecule has 2 aliphatic heterocycles. The number of hydrogen-bond acceptors (Lipinski definition) is 4. The number of aryl methyl sites for hydroxylation is 2. The van der Waals surface area contributed by atoms with E-state index in [2.05, 4.69) is 72.8 Å². The normalized spacial score (nSPS) is 18.6. The predicted molar refractivity (Wildman–Crippen MR) is 145 cm³/mol. The second kappa shape index (κ2) is 8.68. The third-order valence-electron chi connectivity index (χ3n) is 7.34. The fourth-order valence-corrected chi connectivity index (χ4v) is 5.77. The average molecular weight is 497 g/mol. The molecule has 0 radical (unpaired) electrons. The van der Waals surface area contributed by atoms with Gasteiger partial charge in [0.05, 0.1) is 17.8 Å². The number of ether oxygens (including phenoxy) is 2. The Bertz CT molecular complexity index is 1480. The minimum Gasteiger partial charge on any atom is -0.454 e. The van der Waals surface area contributed by atoms with E-state index in [1.807, 2.05) is 36.5 Å². The van der Waals surface area contributed by atoms with Gasteiger partial charge in [-0.2, -0.15) is 0 Å². The molecule has 2 aromatic carbocycles. The first kappa shape index (κ1) is 22.6. The summed E-state index contributed by atoms with van der Waals surface area (Å²) in [6, 6.07) is 20.6. The van der Waals surface area contributed by atoms with E-state index in [0.717, 1.165) is 22.9 Å². The largest absolute Gasteiger partial charge is 0.454 e. The minimum absolute atomic E-state index is 0.0992. The molecular formula is C29H28N4O2S. The van der Waals surface area contributed by atoms with Crippen LogP contribution in [0.25, 0.3) is 5.69 Å². The molecule has 0 amide bonds. The Morgan fingerprint density at radius 2 is 1.78 bits per heavy atom. The highest BCUT2D eigenvalue weighted by Gasteiger charge is 2.42. The maximum atomic E-state index is 5.93. The molecule has 1 N–H and O–H groups in total. The Kier molecular flexibility index (Phi) is 5.45. The first-order valence-electron chi connectivity index (χ1n) is 12.1. The number of benzene rings is 2. The van der Waals surface area contributed by atoms with Gasteiger partial charge in [0, 0.05) is 35.0 Å². The molecule has 6 rings (SSSR count). The van der Waals surface area contributed by atoms with E-state index in [-0.39, 0.29) is 18.9 Å². The van der Waals surface area contributed by atoms with E-state index >= 15 is 0 Å². The summed E-state index contributed by atoms with van der Waals surface area (Å²) in [5.74, 6) is 1.49. The number of fused-ring (bicyclic) bond motifs is 1. The lowest BCUT2D eigenvalue weighted by Crippen LogP contribution is -2.29. The zero-order valence-electron chi connectivity index (χ0n) is 20.8. The van der Waals surface area contributed by atoms with Gasteiger partial charge in [-0.05, 0) is 93.0 Å². The molecule has 0 spiro atoms. The number of anilines is 1. The fourth-order valence-electron chi connectivity index (χ4n) is 5.42. The van der Waals surface area contributed by atoms with Crippen LogP contribution in [0.3, 0.4) is 0 Å². The first-order valence-corrected chi connectivity index (χ1v) is 12.5. The third-order valence-corrected chi connectivity index (χ3v) is 7.65. The van der Waals surface area contributed by atoms with E-state index < -0.39 is 0 Å². The molecule has 0 saturated carbocycles. The quantitative estimate of drug-likeness (QED) is 0.349. The van der Waals surface area contributed by atoms with Crippen LogP contribution in [0.2, 0.25) is 0 Å². The van der Waals surface area contributed by atoms with Crippen molar-refractivity contribution in [1.29, 1.82) is 0 Å². The van der Waals surface area contributed by atoms with Gasteiger partial charge in [0.2, 0.25) is 6.79 Å². The Morgan fingerprint density at radius 1 is 0.944 bits per heavy atom. The Hall–Kier alpha value is -3.84. The van der Waals surface area contributed by atoms with Crippen molar-refractivity contribution < 1.29 is 9.47 Å². The maximum absolute atomic E-state index is 5.93. The van der Waals surface area contributed by atoms with Crippen LogP contribution in [0.15, 0.2) is 66.9 Å². The Labute approximate surface area is 216 Å². The predicted octanol–water partition coefficient (Wildman–Crippen LogP) is 6.01. The van der Waals surface area contributed by atoms with Gasteiger partial charge >= 0.3 is 0 Å². The van der Waals surface area contributed by atoms with Crippen LogP contribution in [0, 0.1) is 27.7 Å². The molecular weight excluding hydrogens is 468 g/mol. The SMILES string of the molecule is Cc1cccc(-n2c(C)cc([C@H]3[C@H](c4ccccn4)NC(=S)N3c3ccc4c(c3)OCO4)c2C)c1C. The Balaban J connectivity index is 1.53. The standard InChI is InChI=1S/C29H28N4O2S/c1-17-8-7-10-24(19(17)3)32-18(2)14-22(20(32)4)28-27(23-9-5-6-13-30-23)31-29(36)33(28)21-11-12-25-26(15-21)35-16-34-25/h5-15,27-28H,16H2,1-4H3,(H,31,36)/t27-,28-/m0/s1. The van der Waals surface area contributed by atoms with Gasteiger partial charge in [0.1, 0.15) is 0 Å². The van der Waals surface area contributed by atoms with Gasteiger partial charge in [0.25, 0.3) is 0 Å². The van der Waals surface area contributed by atoms with Crippen LogP contribution in [0.4, 0.5) is 5.69 Å². The molecule has 1 saturated heterocycles. The number of nitrogens with one attached hydrogen (secondary N) is 1. The summed E-state index contributed by atoms with van der Waals surface area (Å²) in [5, 5.41) is 4.22. The molecule has 6 nitrogen and oxygen atoms in total. The highest BCUT2D eigenvalue weighted by atomic mass is 32.1. The third kappa shape index (κ3) is 3.54. The number of rotatable bonds is 4. The zero-order chi connectivity index (χ0) is 25.0. The van der Waals surface area contributed by atoms with Crippen molar-refractivity contribution in [1.82, 2.24) is 14.9 Å². The average Bonchev–Trinajstić information content (AvgIpc) is 3.56. The van der Waals surface area contributed by atoms with Crippen molar-refractivity contribution >= 4 is 23.0 Å². The van der Waals surface area contributed by atoms with Gasteiger partial charge < -0.3 is 24.3 Å². The lowest BCUT2D eigenvalue weighted by Gasteiger charge is -2.28. The van der Waals surface area contributed by atoms with Crippen molar-refractivity contribution in [3.63, 3.8) is 0 Å². The van der Waals surface area contributed by atoms with Crippen LogP contribution in [-0.4, -0.2) is 21.5 Å². The zero-order valence-corrected chi connectivity index (χ0v) is 21.6. The number of thiocarbonyl (C=S) groups is 1. The summed E-state index contributed by atoms with van der Waals surface area (Å²) in [5.41, 5.74) is 9.23. The number of aromatic nitrogens is 2. The molecule has 182 valence electrons. The highest BCUT2D eigenvalue weighted by Crippen LogP contribution is 2.46. The lowest BCUT2D eigenvalue weighted by molar-refractivity contribution is 0.174. The summed E-state index contributed by atoms with van der Waals surface area (Å²) in [7, 11) is 0. The van der Waals surface area contributed by atoms with E-state index in [1.54, 1.807) is 0 Å². The van der Waals surface area contributed by atoms with Gasteiger partial charge in [-0.3, -0.25) is 4.98 Å². The molecule has 2 atom stereocenters. The molecule has 0 unspecified atom stereocenters. The fraction of sp³-hybridized carbons (Fsp3) is 0.241. The summed E-state index contributed by atoms with van der Waals surface area (Å²) in [4.78, 5) is 6.89. The molecule has 4 aromatic rings. The van der Waals surface area contributed by atoms with Gasteiger partial charge in [-0.15, -0.1) is 0 Å². The smallest absolute Gasteiger partial charge is 0.231 e. The van der Waals surface area contributed by atoms with Crippen molar-refractivity contribution in [2.75, 3.05) is 11.7 Å². The van der Waals surface area contributed by atoms with Crippen molar-refractivity contribution in [2.24, 2.45) is 0 Å². The summed E-state index contributed by atoms with van der Waals surface area (Å²) >= 11 is 5.93. The summed E-state index contributed by atoms with van der Waals surface area (Å²) in [6.07, 6.45) is 1.83. The van der Waals surface area contributed by atoms with Crippen LogP contribution in [0.5, 0.6) is 11.5 Å². The molecule has 7 heteroatoms. The highest BCUT2D eigenvalue weighted by molar-refractivity contribution is 7.80. The second-order valence-corrected chi connectivity index (χ2v) is 9.80. The molecule has 1 fully saturated rings. The van der Waals surface area contributed by atoms with E-state index in [1.165, 1.54) is 33.8 Å². The van der Waals surface area contributed by atoms with Crippen LogP contribution in [0.1, 0.15) is 45.9 Å². The maximum Gasteiger partial charge on any atom is 0.231 e. The number of nitrogens with zero attached hydrogens (tertiary/aromatic N) is 3. The second-order valence-electron chi connectivity index (χ2n) is 9.42. The molecule has 36 heavy (non-hydrogen) atoms. The minimum atomic E-state index is -0.114. The van der Waals surface area contributed by atoms with E-state index in [4.69, 9.17) is 26.7 Å². The van der Waals surface area contributed by atoms with Gasteiger partial charge in [-0.25, -0.2) is 0 Å². The van der Waals surface area contributed by atoms with Crippen molar-refractivity contribution in [3.05, 3.63) is 101 Å². The van der Waals surface area contributed by atoms with Crippen molar-refractivity contribution in [3.8, 4) is 17.2 Å². The molecule has 4 heterocycles. The van der Waals surface area contributed by atoms with E-state index in [9.17, 15) is 0 Å². The van der Waals surface area contributed by atoms with Crippen molar-refractivity contribution in [2.45, 2.75) is 39.8 Å². The number of pyridine rings is 1. The van der Waals surface area contributed by atoms with Crippen LogP contribution in [-0.2, 0) is 0 Å². The van der Waals surface area contributed by atoms with Gasteiger partial charge in [-0.1, -0.05) is 18.2 Å². The first-order chi connectivity index (χ1) is 17.4. The summed E-state index contributed by atoms with van der Waals surface area (Å²) < 4.78 is 13.6. The lowest BCUT2D eigenvalue weighted by atomic mass is 9.96. The number of hydrogen-bond donors (Lipinski definition) is 1. The summed E-state index contributed by atoms with van der Waals surface area (Å²) in [6.45, 7) is 8.94.